The molecular formula is C15H22N4O4. The van der Waals surface area contributed by atoms with Gasteiger partial charge in [-0.3, -0.25) is 10.1 Å². The van der Waals surface area contributed by atoms with Gasteiger partial charge in [0.1, 0.15) is 0 Å². The summed E-state index contributed by atoms with van der Waals surface area (Å²) in [5.74, 6) is 0.182. The van der Waals surface area contributed by atoms with Gasteiger partial charge in [-0.2, -0.15) is 0 Å². The summed E-state index contributed by atoms with van der Waals surface area (Å²) in [7, 11) is 3.34. The molecule has 2 heterocycles. The van der Waals surface area contributed by atoms with Crippen LogP contribution < -0.4 is 5.32 Å². The Labute approximate surface area is 135 Å². The lowest BCUT2D eigenvalue weighted by molar-refractivity contribution is -0.384. The van der Waals surface area contributed by atoms with Crippen LogP contribution in [0.25, 0.3) is 0 Å². The number of nitrogens with zero attached hydrogens (tertiary/aromatic N) is 3. The number of ether oxygens (including phenoxy) is 1. The van der Waals surface area contributed by atoms with Crippen molar-refractivity contribution in [2.24, 2.45) is 5.92 Å². The summed E-state index contributed by atoms with van der Waals surface area (Å²) in [5.41, 5.74) is -0.142. The molecule has 0 aliphatic carbocycles. The molecule has 1 aliphatic rings. The largest absolute Gasteiger partial charge is 0.465 e. The predicted molar refractivity (Wildman–Crippen MR) is 85.6 cm³/mol. The average Bonchev–Trinajstić information content (AvgIpc) is 2.56. The average molecular weight is 322 g/mol. The molecule has 1 N–H and O–H groups in total. The fourth-order valence-electron chi connectivity index (χ4n) is 2.70. The number of hydrogen-bond acceptors (Lipinski definition) is 7. The smallest absolute Gasteiger partial charge is 0.339 e. The van der Waals surface area contributed by atoms with Crippen LogP contribution in [0.4, 0.5) is 11.5 Å². The van der Waals surface area contributed by atoms with Gasteiger partial charge in [0.25, 0.3) is 0 Å². The SMILES string of the molecule is COC(=O)c1cnc(NCCC2CCN(C)CC2)c([N+](=O)[O-])c1. The molecule has 23 heavy (non-hydrogen) atoms. The van der Waals surface area contributed by atoms with Crippen LogP contribution in [0.2, 0.25) is 0 Å². The number of aromatic nitrogens is 1. The van der Waals surface area contributed by atoms with Gasteiger partial charge in [0, 0.05) is 18.8 Å². The third-order valence-corrected chi connectivity index (χ3v) is 4.17. The van der Waals surface area contributed by atoms with Gasteiger partial charge in [-0.05, 0) is 45.3 Å². The first-order valence-corrected chi connectivity index (χ1v) is 7.66. The number of nitrogens with one attached hydrogen (secondary N) is 1. The minimum Gasteiger partial charge on any atom is -0.465 e. The number of rotatable bonds is 6. The number of nitro groups is 1. The maximum absolute atomic E-state index is 11.4. The van der Waals surface area contributed by atoms with E-state index >= 15 is 0 Å². The highest BCUT2D eigenvalue weighted by Crippen LogP contribution is 2.24. The molecule has 1 aromatic rings. The molecule has 0 unspecified atom stereocenters. The van der Waals surface area contributed by atoms with Crippen molar-refractivity contribution in [3.05, 3.63) is 27.9 Å². The Morgan fingerprint density at radius 2 is 2.22 bits per heavy atom. The number of carbonyl (C=O) groups is 1. The normalized spacial score (nSPS) is 16.1. The van der Waals surface area contributed by atoms with Gasteiger partial charge in [-0.1, -0.05) is 0 Å². The molecule has 1 fully saturated rings. The zero-order valence-corrected chi connectivity index (χ0v) is 13.4. The quantitative estimate of drug-likeness (QED) is 0.485. The minimum absolute atomic E-state index is 0.0695. The Hall–Kier alpha value is -2.22. The van der Waals surface area contributed by atoms with Gasteiger partial charge in [-0.25, -0.2) is 9.78 Å². The molecule has 1 aromatic heterocycles. The van der Waals surface area contributed by atoms with Gasteiger partial charge in [0.15, 0.2) is 0 Å². The standard InChI is InChI=1S/C15H22N4O4/c1-18-7-4-11(5-8-18)3-6-16-14-13(19(21)22)9-12(10-17-14)15(20)23-2/h9-11H,3-8H2,1-2H3,(H,16,17). The summed E-state index contributed by atoms with van der Waals surface area (Å²) in [6.07, 6.45) is 4.53. The second-order valence-electron chi connectivity index (χ2n) is 5.80. The number of anilines is 1. The number of hydrogen-bond donors (Lipinski definition) is 1. The summed E-state index contributed by atoms with van der Waals surface area (Å²) >= 11 is 0. The van der Waals surface area contributed by atoms with E-state index in [0.717, 1.165) is 32.4 Å². The molecule has 126 valence electrons. The van der Waals surface area contributed by atoms with Crippen LogP contribution in [0.5, 0.6) is 0 Å². The van der Waals surface area contributed by atoms with E-state index in [4.69, 9.17) is 0 Å². The van der Waals surface area contributed by atoms with E-state index in [2.05, 4.69) is 27.0 Å². The van der Waals surface area contributed by atoms with Crippen molar-refractivity contribution < 1.29 is 14.5 Å². The summed E-state index contributed by atoms with van der Waals surface area (Å²) in [6, 6.07) is 1.19. The fraction of sp³-hybridized carbons (Fsp3) is 0.600. The first-order valence-electron chi connectivity index (χ1n) is 7.66. The number of methoxy groups -OCH3 is 1. The Balaban J connectivity index is 1.96. The molecule has 0 atom stereocenters. The van der Waals surface area contributed by atoms with Crippen LogP contribution in [0.1, 0.15) is 29.6 Å². The van der Waals surface area contributed by atoms with E-state index in [1.807, 2.05) is 0 Å². The van der Waals surface area contributed by atoms with Crippen LogP contribution in [-0.4, -0.2) is 54.6 Å². The lowest BCUT2D eigenvalue weighted by Gasteiger charge is -2.28. The highest BCUT2D eigenvalue weighted by atomic mass is 16.6. The molecule has 1 aliphatic heterocycles. The molecule has 0 radical (unpaired) electrons. The maximum Gasteiger partial charge on any atom is 0.339 e. The molecule has 8 heteroatoms. The third kappa shape index (κ3) is 4.62. The van der Waals surface area contributed by atoms with Gasteiger partial charge >= 0.3 is 11.7 Å². The van der Waals surface area contributed by atoms with E-state index < -0.39 is 10.9 Å². The van der Waals surface area contributed by atoms with Crippen LogP contribution in [0.3, 0.4) is 0 Å². The van der Waals surface area contributed by atoms with Crippen LogP contribution in [0.15, 0.2) is 12.3 Å². The zero-order chi connectivity index (χ0) is 16.8. The number of likely N-dealkylation sites (tertiary alicyclic amines) is 1. The number of pyridine rings is 1. The van der Waals surface area contributed by atoms with Crippen molar-refractivity contribution >= 4 is 17.5 Å². The highest BCUT2D eigenvalue weighted by Gasteiger charge is 2.20. The lowest BCUT2D eigenvalue weighted by atomic mass is 9.94. The predicted octanol–water partition coefficient (Wildman–Crippen LogP) is 1.92. The molecular weight excluding hydrogens is 300 g/mol. The monoisotopic (exact) mass is 322 g/mol. The Morgan fingerprint density at radius 1 is 1.52 bits per heavy atom. The van der Waals surface area contributed by atoms with Crippen molar-refractivity contribution in [1.29, 1.82) is 0 Å². The molecule has 0 saturated carbocycles. The van der Waals surface area contributed by atoms with Gasteiger partial charge in [-0.15, -0.1) is 0 Å². The third-order valence-electron chi connectivity index (χ3n) is 4.17. The molecule has 2 rings (SSSR count). The molecule has 8 nitrogen and oxygen atoms in total. The summed E-state index contributed by atoms with van der Waals surface area (Å²) < 4.78 is 4.55. The van der Waals surface area contributed by atoms with Gasteiger partial charge in [0.05, 0.1) is 17.6 Å². The van der Waals surface area contributed by atoms with Crippen molar-refractivity contribution in [1.82, 2.24) is 9.88 Å². The van der Waals surface area contributed by atoms with Crippen LogP contribution in [0, 0.1) is 16.0 Å². The Bertz CT molecular complexity index is 571. The van der Waals surface area contributed by atoms with Gasteiger partial charge in [0.2, 0.25) is 5.82 Å². The zero-order valence-electron chi connectivity index (χ0n) is 13.4. The van der Waals surface area contributed by atoms with Crippen molar-refractivity contribution in [2.45, 2.75) is 19.3 Å². The Kier molecular flexibility index (Phi) is 5.86. The molecule has 0 amide bonds. The second kappa shape index (κ2) is 7.87. The van der Waals surface area contributed by atoms with Gasteiger partial charge < -0.3 is 15.0 Å². The van der Waals surface area contributed by atoms with Crippen LogP contribution >= 0.6 is 0 Å². The highest BCUT2D eigenvalue weighted by molar-refractivity contribution is 5.90. The van der Waals surface area contributed by atoms with E-state index in [0.29, 0.717) is 12.5 Å². The lowest BCUT2D eigenvalue weighted by Crippen LogP contribution is -2.30. The molecule has 0 aromatic carbocycles. The van der Waals surface area contributed by atoms with E-state index in [1.54, 1.807) is 0 Å². The first kappa shape index (κ1) is 17.1. The molecule has 0 bridgehead atoms. The van der Waals surface area contributed by atoms with Crippen LogP contribution in [-0.2, 0) is 4.74 Å². The number of carbonyl (C=O) groups excluding carboxylic acids is 1. The molecule has 0 spiro atoms. The van der Waals surface area contributed by atoms with E-state index in [9.17, 15) is 14.9 Å². The maximum atomic E-state index is 11.4. The number of piperidine rings is 1. The van der Waals surface area contributed by atoms with E-state index in [-0.39, 0.29) is 17.1 Å². The molecule has 1 saturated heterocycles. The number of esters is 1. The summed E-state index contributed by atoms with van der Waals surface area (Å²) in [5, 5.41) is 14.2. The second-order valence-corrected chi connectivity index (χ2v) is 5.80. The Morgan fingerprint density at radius 3 is 2.83 bits per heavy atom. The fourth-order valence-corrected chi connectivity index (χ4v) is 2.70. The van der Waals surface area contributed by atoms with E-state index in [1.165, 1.54) is 19.4 Å². The van der Waals surface area contributed by atoms with Crippen molar-refractivity contribution in [2.75, 3.05) is 39.1 Å². The first-order chi connectivity index (χ1) is 11.0. The van der Waals surface area contributed by atoms with Crippen molar-refractivity contribution in [3.63, 3.8) is 0 Å². The topological polar surface area (TPSA) is 97.6 Å². The minimum atomic E-state index is -0.640. The summed E-state index contributed by atoms with van der Waals surface area (Å²) in [6.45, 7) is 2.81. The van der Waals surface area contributed by atoms with Crippen molar-refractivity contribution in [3.8, 4) is 0 Å². The summed E-state index contributed by atoms with van der Waals surface area (Å²) in [4.78, 5) is 28.4.